The van der Waals surface area contributed by atoms with Crippen LogP contribution in [0.4, 0.5) is 0 Å². The van der Waals surface area contributed by atoms with Crippen LogP contribution in [0.15, 0.2) is 36.7 Å². The molecule has 0 unspecified atom stereocenters. The molecule has 0 saturated carbocycles. The second kappa shape index (κ2) is 6.17. The fourth-order valence-electron chi connectivity index (χ4n) is 2.92. The van der Waals surface area contributed by atoms with Gasteiger partial charge < -0.3 is 9.30 Å². The summed E-state index contributed by atoms with van der Waals surface area (Å²) in [5.74, 6) is 1.20. The number of benzene rings is 1. The molecular formula is C18H21NO2. The number of nitrogens with zero attached hydrogens (tertiary/aromatic N) is 1. The van der Waals surface area contributed by atoms with E-state index in [9.17, 15) is 4.79 Å². The van der Waals surface area contributed by atoms with Crippen LogP contribution in [0.25, 0.3) is 0 Å². The van der Waals surface area contributed by atoms with E-state index < -0.39 is 0 Å². The predicted octanol–water partition coefficient (Wildman–Crippen LogP) is 3.65. The molecule has 2 aromatic rings. The Labute approximate surface area is 125 Å². The fraction of sp³-hybridized carbons (Fsp3) is 0.389. The predicted molar refractivity (Wildman–Crippen MR) is 83.0 cm³/mol. The van der Waals surface area contributed by atoms with Crippen LogP contribution >= 0.6 is 0 Å². The van der Waals surface area contributed by atoms with Crippen LogP contribution in [-0.2, 0) is 19.4 Å². The number of hydrogen-bond acceptors (Lipinski definition) is 2. The van der Waals surface area contributed by atoms with Gasteiger partial charge in [-0.25, -0.2) is 0 Å². The summed E-state index contributed by atoms with van der Waals surface area (Å²) in [6.07, 6.45) is 9.05. The minimum Gasteiger partial charge on any atom is -0.497 e. The Morgan fingerprint density at radius 1 is 1.10 bits per heavy atom. The van der Waals surface area contributed by atoms with E-state index in [0.29, 0.717) is 12.2 Å². The molecule has 1 aliphatic rings. The topological polar surface area (TPSA) is 31.2 Å². The molecule has 0 N–H and O–H groups in total. The zero-order valence-corrected chi connectivity index (χ0v) is 12.5. The smallest absolute Gasteiger partial charge is 0.164 e. The number of ether oxygens (including phenoxy) is 1. The van der Waals surface area contributed by atoms with Crippen molar-refractivity contribution in [3.63, 3.8) is 0 Å². The van der Waals surface area contributed by atoms with Crippen molar-refractivity contribution in [3.8, 4) is 5.75 Å². The van der Waals surface area contributed by atoms with Crippen LogP contribution in [0.3, 0.4) is 0 Å². The Kier molecular flexibility index (Phi) is 4.09. The zero-order valence-electron chi connectivity index (χ0n) is 12.5. The third-order valence-electron chi connectivity index (χ3n) is 4.18. The third-order valence-corrected chi connectivity index (χ3v) is 4.18. The number of ketones is 1. The normalized spacial score (nSPS) is 14.6. The van der Waals surface area contributed by atoms with E-state index in [1.807, 2.05) is 18.3 Å². The number of Topliss-reactive ketones (excluding diaryl/α,β-unsaturated/α-hetero) is 1. The van der Waals surface area contributed by atoms with Gasteiger partial charge in [0.05, 0.1) is 7.11 Å². The first kappa shape index (κ1) is 13.9. The largest absolute Gasteiger partial charge is 0.497 e. The lowest BCUT2D eigenvalue weighted by molar-refractivity contribution is 0.0982. The summed E-state index contributed by atoms with van der Waals surface area (Å²) in [6, 6.07) is 8.17. The van der Waals surface area contributed by atoms with Gasteiger partial charge in [-0.05, 0) is 48.9 Å². The molecule has 0 radical (unpaired) electrons. The van der Waals surface area contributed by atoms with E-state index in [1.54, 1.807) is 7.11 Å². The van der Waals surface area contributed by atoms with Crippen LogP contribution < -0.4 is 4.74 Å². The molecule has 0 amide bonds. The van der Waals surface area contributed by atoms with Gasteiger partial charge in [-0.1, -0.05) is 12.1 Å². The van der Waals surface area contributed by atoms with E-state index in [2.05, 4.69) is 22.9 Å². The van der Waals surface area contributed by atoms with E-state index in [1.165, 1.54) is 11.1 Å². The standard InChI is InChI=1S/C18H21NO2/c1-21-16-8-6-14(7-9-16)10-11-19-12-15-4-2-3-5-18(20)17(15)13-19/h6-9,12-13H,2-5,10-11H2,1H3. The molecule has 0 bridgehead atoms. The minimum absolute atomic E-state index is 0.311. The summed E-state index contributed by atoms with van der Waals surface area (Å²) in [6.45, 7) is 0.909. The maximum Gasteiger partial charge on any atom is 0.164 e. The number of aromatic nitrogens is 1. The zero-order chi connectivity index (χ0) is 14.7. The molecule has 21 heavy (non-hydrogen) atoms. The maximum absolute atomic E-state index is 12.0. The number of carbonyl (C=O) groups is 1. The van der Waals surface area contributed by atoms with Gasteiger partial charge in [0.25, 0.3) is 0 Å². The average molecular weight is 283 g/mol. The van der Waals surface area contributed by atoms with Crippen molar-refractivity contribution in [3.05, 3.63) is 53.3 Å². The summed E-state index contributed by atoms with van der Waals surface area (Å²) < 4.78 is 7.33. The van der Waals surface area contributed by atoms with Crippen LogP contribution in [0.5, 0.6) is 5.75 Å². The van der Waals surface area contributed by atoms with Gasteiger partial charge in [-0.3, -0.25) is 4.79 Å². The molecule has 110 valence electrons. The number of rotatable bonds is 4. The highest BCUT2D eigenvalue weighted by Gasteiger charge is 2.17. The monoisotopic (exact) mass is 283 g/mol. The van der Waals surface area contributed by atoms with Gasteiger partial charge >= 0.3 is 0 Å². The van der Waals surface area contributed by atoms with Crippen LogP contribution in [0.2, 0.25) is 0 Å². The summed E-state index contributed by atoms with van der Waals surface area (Å²) >= 11 is 0. The highest BCUT2D eigenvalue weighted by molar-refractivity contribution is 5.97. The van der Waals surface area contributed by atoms with Gasteiger partial charge in [0, 0.05) is 30.9 Å². The summed E-state index contributed by atoms with van der Waals surface area (Å²) in [7, 11) is 1.68. The molecule has 1 heterocycles. The Bertz CT molecular complexity index is 625. The fourth-order valence-corrected chi connectivity index (χ4v) is 2.92. The van der Waals surface area contributed by atoms with Crippen LogP contribution in [0, 0.1) is 0 Å². The third kappa shape index (κ3) is 3.18. The number of methoxy groups -OCH3 is 1. The lowest BCUT2D eigenvalue weighted by atomic mass is 10.1. The summed E-state index contributed by atoms with van der Waals surface area (Å²) in [5.41, 5.74) is 3.46. The molecular weight excluding hydrogens is 262 g/mol. The molecule has 0 spiro atoms. The van der Waals surface area contributed by atoms with Crippen molar-refractivity contribution in [2.24, 2.45) is 0 Å². The molecule has 0 aliphatic heterocycles. The molecule has 0 saturated heterocycles. The van der Waals surface area contributed by atoms with Gasteiger partial charge in [0.15, 0.2) is 5.78 Å². The second-order valence-electron chi connectivity index (χ2n) is 5.66. The number of carbonyl (C=O) groups excluding carboxylic acids is 1. The van der Waals surface area contributed by atoms with Gasteiger partial charge in [-0.2, -0.15) is 0 Å². The Morgan fingerprint density at radius 2 is 1.86 bits per heavy atom. The van der Waals surface area contributed by atoms with Crippen molar-refractivity contribution >= 4 is 5.78 Å². The first-order chi connectivity index (χ1) is 10.3. The van der Waals surface area contributed by atoms with E-state index in [0.717, 1.165) is 43.5 Å². The van der Waals surface area contributed by atoms with Crippen molar-refractivity contribution < 1.29 is 9.53 Å². The van der Waals surface area contributed by atoms with Crippen molar-refractivity contribution in [1.82, 2.24) is 4.57 Å². The summed E-state index contributed by atoms with van der Waals surface area (Å²) in [4.78, 5) is 12.0. The number of aryl methyl sites for hydroxylation is 3. The van der Waals surface area contributed by atoms with Gasteiger partial charge in [-0.15, -0.1) is 0 Å². The molecule has 3 heteroatoms. The lowest BCUT2D eigenvalue weighted by Gasteiger charge is -2.05. The van der Waals surface area contributed by atoms with E-state index in [4.69, 9.17) is 4.74 Å². The highest BCUT2D eigenvalue weighted by atomic mass is 16.5. The van der Waals surface area contributed by atoms with Crippen molar-refractivity contribution in [1.29, 1.82) is 0 Å². The van der Waals surface area contributed by atoms with Crippen LogP contribution in [0.1, 0.15) is 40.7 Å². The number of fused-ring (bicyclic) bond motifs is 1. The molecule has 0 fully saturated rings. The first-order valence-electron chi connectivity index (χ1n) is 7.61. The number of hydrogen-bond donors (Lipinski definition) is 0. The molecule has 3 nitrogen and oxygen atoms in total. The van der Waals surface area contributed by atoms with Crippen molar-refractivity contribution in [2.75, 3.05) is 7.11 Å². The molecule has 1 aromatic heterocycles. The lowest BCUT2D eigenvalue weighted by Crippen LogP contribution is -2.00. The second-order valence-corrected chi connectivity index (χ2v) is 5.66. The molecule has 0 atom stereocenters. The Morgan fingerprint density at radius 3 is 2.62 bits per heavy atom. The average Bonchev–Trinajstić information content (AvgIpc) is 2.85. The Balaban J connectivity index is 1.68. The minimum atomic E-state index is 0.311. The first-order valence-corrected chi connectivity index (χ1v) is 7.61. The van der Waals surface area contributed by atoms with E-state index in [-0.39, 0.29) is 0 Å². The van der Waals surface area contributed by atoms with Crippen molar-refractivity contribution in [2.45, 2.75) is 38.6 Å². The Hall–Kier alpha value is -2.03. The highest BCUT2D eigenvalue weighted by Crippen LogP contribution is 2.22. The summed E-state index contributed by atoms with van der Waals surface area (Å²) in [5, 5.41) is 0. The quantitative estimate of drug-likeness (QED) is 0.802. The van der Waals surface area contributed by atoms with Gasteiger partial charge in [0.1, 0.15) is 5.75 Å². The van der Waals surface area contributed by atoms with E-state index >= 15 is 0 Å². The molecule has 1 aliphatic carbocycles. The molecule has 1 aromatic carbocycles. The maximum atomic E-state index is 12.0. The van der Waals surface area contributed by atoms with Gasteiger partial charge in [0.2, 0.25) is 0 Å². The molecule has 3 rings (SSSR count). The SMILES string of the molecule is COc1ccc(CCn2cc3c(c2)C(=O)CCCC3)cc1. The van der Waals surface area contributed by atoms with Crippen LogP contribution in [-0.4, -0.2) is 17.5 Å².